The maximum absolute atomic E-state index is 10.6. The maximum Gasteiger partial charge on any atom is 0.0917 e. The van der Waals surface area contributed by atoms with Crippen molar-refractivity contribution in [3.05, 3.63) is 35.4 Å². The molecule has 0 saturated heterocycles. The van der Waals surface area contributed by atoms with Gasteiger partial charge in [0.1, 0.15) is 0 Å². The Bertz CT molecular complexity index is 423. The average molecular weight is 289 g/mol. The molecule has 2 heteroatoms. The summed E-state index contributed by atoms with van der Waals surface area (Å²) in [6.07, 6.45) is 6.17. The first-order chi connectivity index (χ1) is 10.1. The first kappa shape index (κ1) is 16.5. The Morgan fingerprint density at radius 2 is 1.95 bits per heavy atom. The Kier molecular flexibility index (Phi) is 6.25. The molecule has 1 unspecified atom stereocenters. The van der Waals surface area contributed by atoms with Crippen LogP contribution in [0.4, 0.5) is 0 Å². The summed E-state index contributed by atoms with van der Waals surface area (Å²) in [5.41, 5.74) is 2.28. The molecular weight excluding hydrogens is 258 g/mol. The molecule has 2 nitrogen and oxygen atoms in total. The van der Waals surface area contributed by atoms with Gasteiger partial charge in [-0.25, -0.2) is 0 Å². The van der Waals surface area contributed by atoms with Crippen LogP contribution >= 0.6 is 0 Å². The standard InChI is InChI=1S/C19H31NO/c1-15(2)11-12-20(18-9-4-5-10-18)14-19(21)17-8-6-7-16(3)13-17/h6-8,13,15,18-19,21H,4-5,9-12,14H2,1-3H3. The Balaban J connectivity index is 1.99. The minimum Gasteiger partial charge on any atom is -0.387 e. The number of hydrogen-bond acceptors (Lipinski definition) is 2. The van der Waals surface area contributed by atoms with Gasteiger partial charge in [-0.1, -0.05) is 56.5 Å². The summed E-state index contributed by atoms with van der Waals surface area (Å²) in [5, 5.41) is 10.6. The smallest absolute Gasteiger partial charge is 0.0917 e. The van der Waals surface area contributed by atoms with Crippen LogP contribution in [0, 0.1) is 12.8 Å². The Morgan fingerprint density at radius 3 is 2.57 bits per heavy atom. The van der Waals surface area contributed by atoms with E-state index >= 15 is 0 Å². The van der Waals surface area contributed by atoms with E-state index in [9.17, 15) is 5.11 Å². The highest BCUT2D eigenvalue weighted by molar-refractivity contribution is 5.24. The van der Waals surface area contributed by atoms with Gasteiger partial charge in [-0.2, -0.15) is 0 Å². The fourth-order valence-electron chi connectivity index (χ4n) is 3.32. The van der Waals surface area contributed by atoms with Crippen molar-refractivity contribution in [1.29, 1.82) is 0 Å². The number of aliphatic hydroxyl groups is 1. The number of aliphatic hydroxyl groups excluding tert-OH is 1. The lowest BCUT2D eigenvalue weighted by molar-refractivity contribution is 0.0842. The highest BCUT2D eigenvalue weighted by Gasteiger charge is 2.24. The molecule has 0 aromatic heterocycles. The summed E-state index contributed by atoms with van der Waals surface area (Å²) in [7, 11) is 0. The molecule has 1 aromatic rings. The molecule has 0 aliphatic heterocycles. The van der Waals surface area contributed by atoms with E-state index in [1.807, 2.05) is 12.1 Å². The maximum atomic E-state index is 10.6. The lowest BCUT2D eigenvalue weighted by Gasteiger charge is -2.31. The van der Waals surface area contributed by atoms with E-state index in [0.29, 0.717) is 6.04 Å². The van der Waals surface area contributed by atoms with Crippen LogP contribution in [-0.4, -0.2) is 29.1 Å². The number of nitrogens with zero attached hydrogens (tertiary/aromatic N) is 1. The van der Waals surface area contributed by atoms with Crippen LogP contribution in [0.15, 0.2) is 24.3 Å². The van der Waals surface area contributed by atoms with Gasteiger partial charge in [-0.05, 0) is 44.2 Å². The Morgan fingerprint density at radius 1 is 1.24 bits per heavy atom. The summed E-state index contributed by atoms with van der Waals surface area (Å²) in [6.45, 7) is 8.55. The van der Waals surface area contributed by atoms with E-state index < -0.39 is 0 Å². The molecule has 1 aliphatic carbocycles. The van der Waals surface area contributed by atoms with Crippen molar-refractivity contribution in [2.45, 2.75) is 65.0 Å². The van der Waals surface area contributed by atoms with Crippen molar-refractivity contribution in [3.8, 4) is 0 Å². The highest BCUT2D eigenvalue weighted by Crippen LogP contribution is 2.26. The first-order valence-electron chi connectivity index (χ1n) is 8.55. The van der Waals surface area contributed by atoms with Gasteiger partial charge in [0.15, 0.2) is 0 Å². The van der Waals surface area contributed by atoms with Gasteiger partial charge in [-0.15, -0.1) is 0 Å². The number of rotatable bonds is 7. The first-order valence-corrected chi connectivity index (χ1v) is 8.55. The molecule has 2 rings (SSSR count). The second-order valence-electron chi connectivity index (χ2n) is 7.05. The molecule has 1 saturated carbocycles. The normalized spacial score (nSPS) is 17.8. The zero-order valence-electron chi connectivity index (χ0n) is 13.9. The van der Waals surface area contributed by atoms with Gasteiger partial charge < -0.3 is 5.11 Å². The molecule has 118 valence electrons. The fourth-order valence-corrected chi connectivity index (χ4v) is 3.32. The third-order valence-corrected chi connectivity index (χ3v) is 4.67. The van der Waals surface area contributed by atoms with Crippen molar-refractivity contribution in [2.24, 2.45) is 5.92 Å². The van der Waals surface area contributed by atoms with E-state index in [2.05, 4.69) is 37.8 Å². The van der Waals surface area contributed by atoms with Crippen molar-refractivity contribution in [1.82, 2.24) is 4.90 Å². The average Bonchev–Trinajstić information content (AvgIpc) is 2.97. The monoisotopic (exact) mass is 289 g/mol. The highest BCUT2D eigenvalue weighted by atomic mass is 16.3. The summed E-state index contributed by atoms with van der Waals surface area (Å²) in [6, 6.07) is 8.97. The summed E-state index contributed by atoms with van der Waals surface area (Å²) >= 11 is 0. The van der Waals surface area contributed by atoms with E-state index in [-0.39, 0.29) is 6.10 Å². The van der Waals surface area contributed by atoms with Gasteiger partial charge in [-0.3, -0.25) is 4.90 Å². The third-order valence-electron chi connectivity index (χ3n) is 4.67. The predicted octanol–water partition coefficient (Wildman–Crippen LogP) is 4.32. The molecule has 1 N–H and O–H groups in total. The lowest BCUT2D eigenvalue weighted by atomic mass is 10.0. The predicted molar refractivity (Wildman–Crippen MR) is 89.4 cm³/mol. The number of hydrogen-bond donors (Lipinski definition) is 1. The van der Waals surface area contributed by atoms with Gasteiger partial charge in [0, 0.05) is 12.6 Å². The molecule has 1 aromatic carbocycles. The minimum absolute atomic E-state index is 0.363. The molecule has 1 atom stereocenters. The zero-order valence-corrected chi connectivity index (χ0v) is 13.9. The van der Waals surface area contributed by atoms with Crippen LogP contribution in [0.3, 0.4) is 0 Å². The fraction of sp³-hybridized carbons (Fsp3) is 0.684. The van der Waals surface area contributed by atoms with Gasteiger partial charge in [0.25, 0.3) is 0 Å². The molecule has 0 spiro atoms. The van der Waals surface area contributed by atoms with Gasteiger partial charge >= 0.3 is 0 Å². The van der Waals surface area contributed by atoms with Crippen LogP contribution in [0.2, 0.25) is 0 Å². The van der Waals surface area contributed by atoms with Crippen molar-refractivity contribution >= 4 is 0 Å². The quantitative estimate of drug-likeness (QED) is 0.808. The largest absolute Gasteiger partial charge is 0.387 e. The molecular formula is C19H31NO. The molecule has 1 fully saturated rings. The van der Waals surface area contributed by atoms with E-state index in [1.54, 1.807) is 0 Å². The molecule has 21 heavy (non-hydrogen) atoms. The zero-order chi connectivity index (χ0) is 15.2. The Hall–Kier alpha value is -0.860. The third kappa shape index (κ3) is 5.12. The number of benzene rings is 1. The number of aryl methyl sites for hydroxylation is 1. The summed E-state index contributed by atoms with van der Waals surface area (Å²) in [4.78, 5) is 2.54. The van der Waals surface area contributed by atoms with Gasteiger partial charge in [0.05, 0.1) is 6.10 Å². The van der Waals surface area contributed by atoms with Crippen LogP contribution < -0.4 is 0 Å². The molecule has 0 bridgehead atoms. The SMILES string of the molecule is Cc1cccc(C(O)CN(CCC(C)C)C2CCCC2)c1. The lowest BCUT2D eigenvalue weighted by Crippen LogP contribution is -2.38. The second kappa shape index (κ2) is 7.95. The van der Waals surface area contributed by atoms with Crippen LogP contribution in [0.25, 0.3) is 0 Å². The van der Waals surface area contributed by atoms with E-state index in [4.69, 9.17) is 0 Å². The minimum atomic E-state index is -0.363. The van der Waals surface area contributed by atoms with Crippen LogP contribution in [-0.2, 0) is 0 Å². The van der Waals surface area contributed by atoms with Crippen molar-refractivity contribution < 1.29 is 5.11 Å². The van der Waals surface area contributed by atoms with Crippen LogP contribution in [0.1, 0.15) is 63.2 Å². The van der Waals surface area contributed by atoms with E-state index in [0.717, 1.165) is 24.6 Å². The summed E-state index contributed by atoms with van der Waals surface area (Å²) in [5.74, 6) is 0.727. The molecule has 0 radical (unpaired) electrons. The second-order valence-corrected chi connectivity index (χ2v) is 7.05. The molecule has 0 amide bonds. The van der Waals surface area contributed by atoms with Crippen molar-refractivity contribution in [3.63, 3.8) is 0 Å². The van der Waals surface area contributed by atoms with Crippen molar-refractivity contribution in [2.75, 3.05) is 13.1 Å². The van der Waals surface area contributed by atoms with E-state index in [1.165, 1.54) is 37.7 Å². The summed E-state index contributed by atoms with van der Waals surface area (Å²) < 4.78 is 0. The molecule has 0 heterocycles. The van der Waals surface area contributed by atoms with Gasteiger partial charge in [0.2, 0.25) is 0 Å². The Labute approximate surface area is 130 Å². The topological polar surface area (TPSA) is 23.5 Å². The van der Waals surface area contributed by atoms with Crippen LogP contribution in [0.5, 0.6) is 0 Å². The molecule has 1 aliphatic rings.